The van der Waals surface area contributed by atoms with Crippen LogP contribution in [0.1, 0.15) is 0 Å². The maximum Gasteiger partial charge on any atom is 0.0567 e. The Morgan fingerprint density at radius 3 is 1.47 bits per heavy atom. The summed E-state index contributed by atoms with van der Waals surface area (Å²) in [6.45, 7) is 0. The summed E-state index contributed by atoms with van der Waals surface area (Å²) >= 11 is 0. The third-order valence-electron chi connectivity index (χ3n) is 8.81. The topological polar surface area (TPSA) is 6.48 Å². The van der Waals surface area contributed by atoms with Crippen molar-refractivity contribution in [3.05, 3.63) is 176 Å². The summed E-state index contributed by atoms with van der Waals surface area (Å²) in [5, 5.41) is 7.43. The second-order valence-electron chi connectivity index (χ2n) is 11.5. The van der Waals surface area contributed by atoms with Crippen molar-refractivity contribution < 1.29 is 0 Å². The Morgan fingerprint density at radius 1 is 0.356 bits per heavy atom. The van der Waals surface area contributed by atoms with Gasteiger partial charge in [0.2, 0.25) is 0 Å². The van der Waals surface area contributed by atoms with Gasteiger partial charge in [-0.15, -0.1) is 0 Å². The molecule has 0 aliphatic rings. The quantitative estimate of drug-likeness (QED) is 0.182. The molecule has 0 saturated heterocycles. The number of hydrogen-bond donors (Lipinski definition) is 0. The van der Waals surface area contributed by atoms with Crippen molar-refractivity contribution in [1.82, 2.24) is 0 Å². The molecule has 2 heteroatoms. The minimum absolute atomic E-state index is 1.11. The van der Waals surface area contributed by atoms with E-state index in [1.165, 1.54) is 49.1 Å². The molecule has 8 aromatic carbocycles. The van der Waals surface area contributed by atoms with Crippen molar-refractivity contribution in [3.63, 3.8) is 0 Å². The first-order valence-corrected chi connectivity index (χ1v) is 15.4. The fourth-order valence-electron chi connectivity index (χ4n) is 6.57. The predicted molar refractivity (Wildman–Crippen MR) is 194 cm³/mol. The van der Waals surface area contributed by atoms with Crippen molar-refractivity contribution >= 4 is 60.8 Å². The lowest BCUT2D eigenvalue weighted by Crippen LogP contribution is -2.13. The average Bonchev–Trinajstić information content (AvgIpc) is 3.11. The first kappa shape index (κ1) is 26.7. The largest absolute Gasteiger partial charge is 0.344 e. The molecule has 0 spiro atoms. The van der Waals surface area contributed by atoms with Gasteiger partial charge in [0.1, 0.15) is 0 Å². The van der Waals surface area contributed by atoms with Crippen LogP contribution in [-0.4, -0.2) is 7.05 Å². The molecule has 0 radical (unpaired) electrons. The Bertz CT molecular complexity index is 2210. The Kier molecular flexibility index (Phi) is 6.73. The Labute approximate surface area is 264 Å². The molecule has 0 aliphatic carbocycles. The summed E-state index contributed by atoms with van der Waals surface area (Å²) in [4.78, 5) is 4.69. The molecule has 0 bridgehead atoms. The van der Waals surface area contributed by atoms with Gasteiger partial charge in [0.25, 0.3) is 0 Å². The Morgan fingerprint density at radius 2 is 0.822 bits per heavy atom. The summed E-state index contributed by atoms with van der Waals surface area (Å²) < 4.78 is 0. The third-order valence-corrected chi connectivity index (χ3v) is 8.81. The van der Waals surface area contributed by atoms with Gasteiger partial charge in [-0.1, -0.05) is 127 Å². The highest BCUT2D eigenvalue weighted by molar-refractivity contribution is 6.12. The van der Waals surface area contributed by atoms with Gasteiger partial charge in [-0.2, -0.15) is 0 Å². The molecule has 0 fully saturated rings. The van der Waals surface area contributed by atoms with Crippen LogP contribution >= 0.6 is 0 Å². The molecule has 214 valence electrons. The van der Waals surface area contributed by atoms with Crippen molar-refractivity contribution in [2.75, 3.05) is 16.8 Å². The normalized spacial score (nSPS) is 11.2. The molecule has 0 saturated carbocycles. The van der Waals surface area contributed by atoms with Gasteiger partial charge >= 0.3 is 0 Å². The van der Waals surface area contributed by atoms with E-state index in [1.54, 1.807) is 0 Å². The Hall–Kier alpha value is -5.86. The van der Waals surface area contributed by atoms with Crippen molar-refractivity contribution in [2.24, 2.45) is 0 Å². The summed E-state index contributed by atoms with van der Waals surface area (Å²) in [5.74, 6) is 0. The molecule has 2 nitrogen and oxygen atoms in total. The Balaban J connectivity index is 1.24. The molecule has 0 amide bonds. The molecule has 0 heterocycles. The minimum Gasteiger partial charge on any atom is -0.344 e. The van der Waals surface area contributed by atoms with Gasteiger partial charge in [-0.3, -0.25) is 0 Å². The number of anilines is 5. The van der Waals surface area contributed by atoms with E-state index in [1.807, 2.05) is 0 Å². The van der Waals surface area contributed by atoms with Crippen LogP contribution in [0.3, 0.4) is 0 Å². The second kappa shape index (κ2) is 11.3. The summed E-state index contributed by atoms with van der Waals surface area (Å²) in [6.07, 6.45) is 0. The first-order chi connectivity index (χ1) is 22.2. The lowest BCUT2D eigenvalue weighted by molar-refractivity contribution is 1.22. The van der Waals surface area contributed by atoms with Crippen LogP contribution in [0.4, 0.5) is 28.4 Å². The molecule has 0 atom stereocenters. The highest BCUT2D eigenvalue weighted by Crippen LogP contribution is 2.42. The molecule has 0 aromatic heterocycles. The van der Waals surface area contributed by atoms with Crippen LogP contribution in [0, 0.1) is 0 Å². The van der Waals surface area contributed by atoms with E-state index in [-0.39, 0.29) is 0 Å². The summed E-state index contributed by atoms with van der Waals surface area (Å²) in [5.41, 5.74) is 8.16. The standard InChI is InChI=1S/C43H32N2/c1-44(43-40-19-9-6-15-34(40)30-35-16-7-10-20-41(35)43)36-26-28-38(29-27-36)45(42-21-11-17-33-14-5-8-18-39(33)42)37-24-22-32(23-25-37)31-12-3-2-4-13-31/h2-30H,1H3. The number of nitrogens with zero attached hydrogens (tertiary/aromatic N) is 2. The smallest absolute Gasteiger partial charge is 0.0567 e. The SMILES string of the molecule is CN(c1ccc(N(c2ccc(-c3ccccc3)cc2)c2cccc3ccccc23)cc1)c1c2ccccc2cc2ccccc12. The van der Waals surface area contributed by atoms with Crippen LogP contribution in [0.5, 0.6) is 0 Å². The number of fused-ring (bicyclic) bond motifs is 3. The second-order valence-corrected chi connectivity index (χ2v) is 11.5. The summed E-state index contributed by atoms with van der Waals surface area (Å²) in [7, 11) is 2.17. The highest BCUT2D eigenvalue weighted by Gasteiger charge is 2.17. The number of hydrogen-bond acceptors (Lipinski definition) is 2. The van der Waals surface area contributed by atoms with E-state index >= 15 is 0 Å². The molecule has 0 aliphatic heterocycles. The van der Waals surface area contributed by atoms with Crippen LogP contribution in [-0.2, 0) is 0 Å². The molecule has 45 heavy (non-hydrogen) atoms. The van der Waals surface area contributed by atoms with Crippen LogP contribution in [0.25, 0.3) is 43.4 Å². The monoisotopic (exact) mass is 576 g/mol. The van der Waals surface area contributed by atoms with E-state index in [0.717, 1.165) is 22.7 Å². The van der Waals surface area contributed by atoms with E-state index in [0.29, 0.717) is 0 Å². The maximum absolute atomic E-state index is 2.37. The van der Waals surface area contributed by atoms with E-state index < -0.39 is 0 Å². The van der Waals surface area contributed by atoms with Gasteiger partial charge < -0.3 is 9.80 Å². The van der Waals surface area contributed by atoms with Crippen molar-refractivity contribution in [2.45, 2.75) is 0 Å². The first-order valence-electron chi connectivity index (χ1n) is 15.4. The lowest BCUT2D eigenvalue weighted by atomic mass is 10.00. The fraction of sp³-hybridized carbons (Fsp3) is 0.0233. The van der Waals surface area contributed by atoms with Crippen LogP contribution in [0.2, 0.25) is 0 Å². The number of benzene rings is 8. The molecular weight excluding hydrogens is 544 g/mol. The van der Waals surface area contributed by atoms with Gasteiger partial charge in [-0.25, -0.2) is 0 Å². The molecule has 8 rings (SSSR count). The van der Waals surface area contributed by atoms with Gasteiger partial charge in [0, 0.05) is 40.3 Å². The lowest BCUT2D eigenvalue weighted by Gasteiger charge is -2.28. The molecule has 0 N–H and O–H groups in total. The van der Waals surface area contributed by atoms with Gasteiger partial charge in [0.05, 0.1) is 11.4 Å². The van der Waals surface area contributed by atoms with Crippen LogP contribution in [0.15, 0.2) is 176 Å². The zero-order valence-electron chi connectivity index (χ0n) is 25.1. The van der Waals surface area contributed by atoms with E-state index in [9.17, 15) is 0 Å². The minimum atomic E-state index is 1.11. The zero-order chi connectivity index (χ0) is 30.2. The average molecular weight is 577 g/mol. The highest BCUT2D eigenvalue weighted by atomic mass is 15.1. The number of rotatable bonds is 6. The fourth-order valence-corrected chi connectivity index (χ4v) is 6.57. The zero-order valence-corrected chi connectivity index (χ0v) is 25.1. The third kappa shape index (κ3) is 4.87. The summed E-state index contributed by atoms with van der Waals surface area (Å²) in [6, 6.07) is 63.2. The van der Waals surface area contributed by atoms with Crippen LogP contribution < -0.4 is 9.80 Å². The van der Waals surface area contributed by atoms with E-state index in [4.69, 9.17) is 0 Å². The van der Waals surface area contributed by atoms with E-state index in [2.05, 4.69) is 193 Å². The van der Waals surface area contributed by atoms with Gasteiger partial charge in [0.15, 0.2) is 0 Å². The molecule has 8 aromatic rings. The van der Waals surface area contributed by atoms with Crippen molar-refractivity contribution in [3.8, 4) is 11.1 Å². The molecule has 0 unspecified atom stereocenters. The predicted octanol–water partition coefficient (Wildman–Crippen LogP) is 12.1. The van der Waals surface area contributed by atoms with Gasteiger partial charge in [-0.05, 0) is 75.8 Å². The molecular formula is C43H32N2. The maximum atomic E-state index is 2.37. The van der Waals surface area contributed by atoms with Crippen molar-refractivity contribution in [1.29, 1.82) is 0 Å².